The quantitative estimate of drug-likeness (QED) is 0.681. The van der Waals surface area contributed by atoms with Crippen molar-refractivity contribution in [2.75, 3.05) is 0 Å². The lowest BCUT2D eigenvalue weighted by atomic mass is 10.1. The van der Waals surface area contributed by atoms with Crippen molar-refractivity contribution in [3.05, 3.63) is 28.8 Å². The molecule has 0 bridgehead atoms. The monoisotopic (exact) mass is 233 g/mol. The van der Waals surface area contributed by atoms with E-state index in [-0.39, 0.29) is 5.54 Å². The lowest BCUT2D eigenvalue weighted by molar-refractivity contribution is 0.587. The summed E-state index contributed by atoms with van der Waals surface area (Å²) < 4.78 is 0. The smallest absolute Gasteiger partial charge is 0.0992 e. The van der Waals surface area contributed by atoms with Crippen LogP contribution in [-0.4, -0.2) is 11.5 Å². The topological polar surface area (TPSA) is 48.5 Å². The van der Waals surface area contributed by atoms with Gasteiger partial charge in [0.05, 0.1) is 28.9 Å². The molecule has 3 nitrogen and oxygen atoms in total. The Kier molecular flexibility index (Phi) is 3.84. The maximum Gasteiger partial charge on any atom is 0.0992 e. The summed E-state index contributed by atoms with van der Waals surface area (Å²) in [5, 5.41) is 9.23. The lowest BCUT2D eigenvalue weighted by Gasteiger charge is -2.06. The molecule has 1 aromatic rings. The van der Waals surface area contributed by atoms with E-state index in [0.717, 1.165) is 0 Å². The molecule has 0 N–H and O–H groups in total. The Hall–Kier alpha value is -1.62. The zero-order chi connectivity index (χ0) is 12.2. The molecule has 1 aromatic carbocycles. The van der Waals surface area contributed by atoms with E-state index < -0.39 is 0 Å². The Bertz CT molecular complexity index is 486. The largest absolute Gasteiger partial charge is 0.219 e. The molecule has 4 heteroatoms. The molecule has 0 radical (unpaired) electrons. The molecule has 0 saturated heterocycles. The van der Waals surface area contributed by atoms with Crippen molar-refractivity contribution in [2.24, 2.45) is 9.98 Å². The van der Waals surface area contributed by atoms with Gasteiger partial charge in [-0.15, -0.1) is 0 Å². The predicted octanol–water partition coefficient (Wildman–Crippen LogP) is 3.82. The highest BCUT2D eigenvalue weighted by Gasteiger charge is 2.04. The Labute approximate surface area is 100 Å². The molecule has 0 amide bonds. The van der Waals surface area contributed by atoms with Crippen molar-refractivity contribution >= 4 is 23.3 Å². The summed E-state index contributed by atoms with van der Waals surface area (Å²) in [5.74, 6) is 0. The van der Waals surface area contributed by atoms with E-state index in [1.807, 2.05) is 26.8 Å². The van der Waals surface area contributed by atoms with Crippen LogP contribution in [0.2, 0.25) is 5.02 Å². The van der Waals surface area contributed by atoms with E-state index in [1.165, 1.54) is 0 Å². The molecule has 0 fully saturated rings. The highest BCUT2D eigenvalue weighted by atomic mass is 35.5. The summed E-state index contributed by atoms with van der Waals surface area (Å²) >= 11 is 5.83. The minimum Gasteiger partial charge on any atom is -0.219 e. The van der Waals surface area contributed by atoms with Gasteiger partial charge in [-0.2, -0.15) is 10.3 Å². The van der Waals surface area contributed by atoms with Crippen molar-refractivity contribution in [1.82, 2.24) is 0 Å². The number of benzene rings is 1. The first-order chi connectivity index (χ1) is 7.40. The molecule has 0 aliphatic carbocycles. The zero-order valence-electron chi connectivity index (χ0n) is 9.45. The third-order valence-corrected chi connectivity index (χ3v) is 1.79. The van der Waals surface area contributed by atoms with Crippen LogP contribution in [0.15, 0.2) is 28.2 Å². The van der Waals surface area contributed by atoms with Crippen molar-refractivity contribution in [3.63, 3.8) is 0 Å². The minimum absolute atomic E-state index is 0.208. The Morgan fingerprint density at radius 3 is 2.50 bits per heavy atom. The van der Waals surface area contributed by atoms with Gasteiger partial charge in [0.1, 0.15) is 0 Å². The Morgan fingerprint density at radius 1 is 1.25 bits per heavy atom. The highest BCUT2D eigenvalue weighted by Crippen LogP contribution is 2.20. The van der Waals surface area contributed by atoms with E-state index >= 15 is 0 Å². The molecule has 0 aliphatic heterocycles. The van der Waals surface area contributed by atoms with Gasteiger partial charge in [0.15, 0.2) is 0 Å². The molecule has 0 spiro atoms. The number of halogens is 1. The number of hydrogen-bond donors (Lipinski definition) is 0. The SMILES string of the molecule is CC(C)(C)N=C=Nc1cc(Cl)cc(C#N)c1. The maximum atomic E-state index is 8.75. The first-order valence-electron chi connectivity index (χ1n) is 4.79. The summed E-state index contributed by atoms with van der Waals surface area (Å²) in [5.41, 5.74) is 0.848. The van der Waals surface area contributed by atoms with Gasteiger partial charge < -0.3 is 0 Å². The fourth-order valence-corrected chi connectivity index (χ4v) is 1.17. The second-order valence-corrected chi connectivity index (χ2v) is 4.74. The van der Waals surface area contributed by atoms with Crippen LogP contribution in [0.3, 0.4) is 0 Å². The van der Waals surface area contributed by atoms with Crippen LogP contribution in [0.5, 0.6) is 0 Å². The fourth-order valence-electron chi connectivity index (χ4n) is 0.936. The zero-order valence-corrected chi connectivity index (χ0v) is 10.2. The maximum absolute atomic E-state index is 8.75. The number of nitrogens with zero attached hydrogens (tertiary/aromatic N) is 3. The second-order valence-electron chi connectivity index (χ2n) is 4.30. The van der Waals surface area contributed by atoms with Gasteiger partial charge in [-0.1, -0.05) is 11.6 Å². The summed E-state index contributed by atoms with van der Waals surface area (Å²) in [7, 11) is 0. The molecule has 0 atom stereocenters. The van der Waals surface area contributed by atoms with Gasteiger partial charge in [0.25, 0.3) is 0 Å². The fraction of sp³-hybridized carbons (Fsp3) is 0.333. The molecule has 0 saturated carbocycles. The average molecular weight is 234 g/mol. The molecule has 0 heterocycles. The molecule has 82 valence electrons. The Morgan fingerprint density at radius 2 is 1.94 bits per heavy atom. The number of hydrogen-bond acceptors (Lipinski definition) is 3. The predicted molar refractivity (Wildman–Crippen MR) is 65.4 cm³/mol. The summed E-state index contributed by atoms with van der Waals surface area (Å²) in [6.45, 7) is 5.86. The van der Waals surface area contributed by atoms with Crippen molar-refractivity contribution in [3.8, 4) is 6.07 Å². The highest BCUT2D eigenvalue weighted by molar-refractivity contribution is 6.30. The van der Waals surface area contributed by atoms with Gasteiger partial charge in [0, 0.05) is 5.02 Å². The van der Waals surface area contributed by atoms with Gasteiger partial charge in [-0.25, -0.2) is 4.99 Å². The summed E-state index contributed by atoms with van der Waals surface area (Å²) in [4.78, 5) is 8.10. The first kappa shape index (κ1) is 12.4. The van der Waals surface area contributed by atoms with Crippen molar-refractivity contribution < 1.29 is 0 Å². The average Bonchev–Trinajstić information content (AvgIpc) is 2.14. The summed E-state index contributed by atoms with van der Waals surface area (Å²) in [6, 6.07) is 9.50. The second kappa shape index (κ2) is 4.94. The minimum atomic E-state index is -0.208. The van der Waals surface area contributed by atoms with Gasteiger partial charge in [-0.05, 0) is 39.0 Å². The van der Waals surface area contributed by atoms with Crippen molar-refractivity contribution in [1.29, 1.82) is 5.26 Å². The van der Waals surface area contributed by atoms with Crippen LogP contribution in [0.25, 0.3) is 0 Å². The van der Waals surface area contributed by atoms with Crippen LogP contribution in [0.1, 0.15) is 26.3 Å². The summed E-state index contributed by atoms with van der Waals surface area (Å²) in [6.07, 6.45) is 0. The van der Waals surface area contributed by atoms with E-state index in [0.29, 0.717) is 16.3 Å². The van der Waals surface area contributed by atoms with Crippen LogP contribution >= 0.6 is 11.6 Å². The molecule has 0 aromatic heterocycles. The van der Waals surface area contributed by atoms with E-state index in [9.17, 15) is 0 Å². The van der Waals surface area contributed by atoms with Crippen LogP contribution in [-0.2, 0) is 0 Å². The van der Waals surface area contributed by atoms with E-state index in [2.05, 4.69) is 16.0 Å². The van der Waals surface area contributed by atoms with Gasteiger partial charge in [-0.3, -0.25) is 0 Å². The first-order valence-corrected chi connectivity index (χ1v) is 5.17. The Balaban J connectivity index is 3.03. The molecule has 0 unspecified atom stereocenters. The standard InChI is InChI=1S/C12H12ClN3/c1-12(2,3)16-8-15-11-5-9(7-14)4-10(13)6-11/h4-6H,1-3H3. The van der Waals surface area contributed by atoms with E-state index in [1.54, 1.807) is 18.2 Å². The molecular formula is C12H12ClN3. The third-order valence-electron chi connectivity index (χ3n) is 1.58. The van der Waals surface area contributed by atoms with E-state index in [4.69, 9.17) is 16.9 Å². The number of rotatable bonds is 1. The number of aliphatic imine (C=N–C) groups is 2. The third kappa shape index (κ3) is 4.27. The molecule has 0 aliphatic rings. The number of nitriles is 1. The molecule has 1 rings (SSSR count). The van der Waals surface area contributed by atoms with Crippen molar-refractivity contribution in [2.45, 2.75) is 26.3 Å². The van der Waals surface area contributed by atoms with Gasteiger partial charge >= 0.3 is 0 Å². The lowest BCUT2D eigenvalue weighted by Crippen LogP contribution is -2.07. The van der Waals surface area contributed by atoms with Crippen LogP contribution in [0.4, 0.5) is 5.69 Å². The molecular weight excluding hydrogens is 222 g/mol. The molecule has 16 heavy (non-hydrogen) atoms. The normalized spacial score (nSPS) is 10.2. The van der Waals surface area contributed by atoms with Gasteiger partial charge in [0.2, 0.25) is 0 Å². The van der Waals surface area contributed by atoms with Crippen LogP contribution < -0.4 is 0 Å². The van der Waals surface area contributed by atoms with Crippen LogP contribution in [0, 0.1) is 11.3 Å².